The van der Waals surface area contributed by atoms with Gasteiger partial charge in [-0.1, -0.05) is 19.6 Å². The Bertz CT molecular complexity index is 340. The van der Waals surface area contributed by atoms with E-state index in [1.807, 2.05) is 6.92 Å². The highest BCUT2D eigenvalue weighted by Gasteiger charge is 2.43. The van der Waals surface area contributed by atoms with Crippen LogP contribution in [0.4, 0.5) is 4.79 Å². The number of carbonyl (C=O) groups excluding carboxylic acids is 1. The molecule has 1 rings (SSSR count). The molecule has 1 aliphatic heterocycles. The number of ether oxygens (including phenoxy) is 2. The van der Waals surface area contributed by atoms with Gasteiger partial charge >= 0.3 is 6.09 Å². The Balaban J connectivity index is 2.75. The summed E-state index contributed by atoms with van der Waals surface area (Å²) in [5.41, 5.74) is 6.80. The lowest BCUT2D eigenvalue weighted by molar-refractivity contribution is 0.0441. The fourth-order valence-corrected chi connectivity index (χ4v) is 4.43. The molecule has 6 heteroatoms. The van der Waals surface area contributed by atoms with Gasteiger partial charge in [0.1, 0.15) is 0 Å². The maximum absolute atomic E-state index is 11.9. The molecule has 0 spiro atoms. The second kappa shape index (κ2) is 7.60. The minimum Gasteiger partial charge on any atom is -0.450 e. The van der Waals surface area contributed by atoms with Gasteiger partial charge in [-0.3, -0.25) is 0 Å². The fourth-order valence-electron chi connectivity index (χ4n) is 2.81. The third-order valence-electron chi connectivity index (χ3n) is 4.50. The molecule has 1 heterocycles. The molecule has 2 atom stereocenters. The largest absolute Gasteiger partial charge is 0.450 e. The third kappa shape index (κ3) is 5.27. The molecule has 1 amide bonds. The zero-order valence-corrected chi connectivity index (χ0v) is 15.3. The van der Waals surface area contributed by atoms with E-state index in [9.17, 15) is 4.79 Å². The predicted molar refractivity (Wildman–Crippen MR) is 88.1 cm³/mol. The summed E-state index contributed by atoms with van der Waals surface area (Å²) < 4.78 is 10.7. The van der Waals surface area contributed by atoms with Crippen LogP contribution < -0.4 is 5.73 Å². The molecule has 0 aromatic rings. The summed E-state index contributed by atoms with van der Waals surface area (Å²) in [6, 6.07) is 0. The Morgan fingerprint density at radius 3 is 2.62 bits per heavy atom. The highest BCUT2D eigenvalue weighted by atomic mass is 28.3. The van der Waals surface area contributed by atoms with Crippen LogP contribution in [-0.4, -0.2) is 57.6 Å². The van der Waals surface area contributed by atoms with E-state index >= 15 is 0 Å². The number of likely N-dealkylation sites (N-methyl/N-ethyl adjacent to an activating group) is 1. The molecule has 5 nitrogen and oxygen atoms in total. The fraction of sp³-hybridized carbons (Fsp3) is 0.933. The molecule has 21 heavy (non-hydrogen) atoms. The molecule has 0 aromatic carbocycles. The lowest BCUT2D eigenvalue weighted by atomic mass is 9.94. The van der Waals surface area contributed by atoms with Crippen molar-refractivity contribution in [3.8, 4) is 0 Å². The average Bonchev–Trinajstić information content (AvgIpc) is 2.38. The van der Waals surface area contributed by atoms with Crippen LogP contribution in [0, 0.1) is 5.92 Å². The lowest BCUT2D eigenvalue weighted by Crippen LogP contribution is -2.66. The van der Waals surface area contributed by atoms with Crippen molar-refractivity contribution in [3.63, 3.8) is 0 Å². The van der Waals surface area contributed by atoms with Crippen LogP contribution in [0.3, 0.4) is 0 Å². The van der Waals surface area contributed by atoms with Crippen LogP contribution in [0.2, 0.25) is 19.6 Å². The van der Waals surface area contributed by atoms with E-state index in [4.69, 9.17) is 15.2 Å². The number of nitrogens with zero attached hydrogens (tertiary/aromatic N) is 1. The van der Waals surface area contributed by atoms with Crippen molar-refractivity contribution in [2.24, 2.45) is 11.7 Å². The maximum atomic E-state index is 11.9. The molecule has 0 aromatic heterocycles. The molecule has 0 saturated carbocycles. The molecule has 0 bridgehead atoms. The van der Waals surface area contributed by atoms with E-state index in [1.165, 1.54) is 6.42 Å². The van der Waals surface area contributed by atoms with E-state index < -0.39 is 8.07 Å². The van der Waals surface area contributed by atoms with Gasteiger partial charge in [-0.05, 0) is 32.1 Å². The number of nitrogens with two attached hydrogens (primary N) is 1. The van der Waals surface area contributed by atoms with Gasteiger partial charge in [-0.2, -0.15) is 0 Å². The first-order valence-corrected chi connectivity index (χ1v) is 11.4. The number of carbonyl (C=O) groups is 1. The number of hydrogen-bond acceptors (Lipinski definition) is 4. The van der Waals surface area contributed by atoms with Crippen LogP contribution >= 0.6 is 0 Å². The van der Waals surface area contributed by atoms with E-state index in [2.05, 4.69) is 19.6 Å². The molecule has 2 N–H and O–H groups in total. The lowest BCUT2D eigenvalue weighted by Gasteiger charge is -2.45. The van der Waals surface area contributed by atoms with Crippen molar-refractivity contribution in [2.45, 2.75) is 51.0 Å². The quantitative estimate of drug-likeness (QED) is 0.765. The van der Waals surface area contributed by atoms with E-state index in [0.717, 1.165) is 26.1 Å². The Morgan fingerprint density at radius 2 is 2.14 bits per heavy atom. The standard InChI is InChI=1S/C15H32N2O3Si/c1-6-20-14(18)17(2)12-15(16,21(3,4)5)10-13-8-7-9-19-11-13/h13H,6-12,16H2,1-5H3/t13-,15+/m1/s1. The summed E-state index contributed by atoms with van der Waals surface area (Å²) in [6.07, 6.45) is 2.92. The van der Waals surface area contributed by atoms with Gasteiger partial charge in [0.05, 0.1) is 14.7 Å². The van der Waals surface area contributed by atoms with Gasteiger partial charge in [0.15, 0.2) is 0 Å². The molecule has 0 radical (unpaired) electrons. The second-order valence-corrected chi connectivity index (χ2v) is 12.7. The summed E-state index contributed by atoms with van der Waals surface area (Å²) in [5.74, 6) is 0.506. The van der Waals surface area contributed by atoms with Crippen molar-refractivity contribution < 1.29 is 14.3 Å². The first-order valence-electron chi connectivity index (χ1n) is 7.94. The summed E-state index contributed by atoms with van der Waals surface area (Å²) in [5, 5.41) is -0.320. The molecular weight excluding hydrogens is 284 g/mol. The van der Waals surface area contributed by atoms with Gasteiger partial charge in [0.2, 0.25) is 0 Å². The Labute approximate surface area is 130 Å². The van der Waals surface area contributed by atoms with E-state index in [-0.39, 0.29) is 11.3 Å². The predicted octanol–water partition coefficient (Wildman–Crippen LogP) is 2.47. The summed E-state index contributed by atoms with van der Waals surface area (Å²) >= 11 is 0. The van der Waals surface area contributed by atoms with Crippen LogP contribution in [0.5, 0.6) is 0 Å². The zero-order chi connectivity index (χ0) is 16.1. The summed E-state index contributed by atoms with van der Waals surface area (Å²) in [6.45, 7) is 11.2. The van der Waals surface area contributed by atoms with Gasteiger partial charge in [0, 0.05) is 32.0 Å². The summed E-state index contributed by atoms with van der Waals surface area (Å²) in [7, 11) is 0.121. The minimum atomic E-state index is -1.65. The smallest absolute Gasteiger partial charge is 0.409 e. The maximum Gasteiger partial charge on any atom is 0.409 e. The topological polar surface area (TPSA) is 64.8 Å². The molecule has 1 fully saturated rings. The number of rotatable bonds is 6. The monoisotopic (exact) mass is 316 g/mol. The highest BCUT2D eigenvalue weighted by Crippen LogP contribution is 2.30. The molecule has 0 unspecified atom stereocenters. The van der Waals surface area contributed by atoms with Crippen molar-refractivity contribution in [1.82, 2.24) is 4.90 Å². The molecule has 1 saturated heterocycles. The molecule has 124 valence electrons. The summed E-state index contributed by atoms with van der Waals surface area (Å²) in [4.78, 5) is 13.5. The average molecular weight is 317 g/mol. The normalized spacial score (nSPS) is 22.5. The van der Waals surface area contributed by atoms with Gasteiger partial charge in [0.25, 0.3) is 0 Å². The molecule has 0 aliphatic carbocycles. The van der Waals surface area contributed by atoms with Crippen LogP contribution in [-0.2, 0) is 9.47 Å². The van der Waals surface area contributed by atoms with Crippen molar-refractivity contribution in [1.29, 1.82) is 0 Å². The van der Waals surface area contributed by atoms with Crippen molar-refractivity contribution >= 4 is 14.2 Å². The molecule has 1 aliphatic rings. The Hall–Kier alpha value is -0.593. The number of amides is 1. The second-order valence-electron chi connectivity index (χ2n) is 7.25. The zero-order valence-electron chi connectivity index (χ0n) is 14.3. The van der Waals surface area contributed by atoms with Gasteiger partial charge in [-0.25, -0.2) is 4.79 Å². The molecular formula is C15H32N2O3Si. The van der Waals surface area contributed by atoms with Crippen molar-refractivity contribution in [2.75, 3.05) is 33.4 Å². The van der Waals surface area contributed by atoms with Crippen LogP contribution in [0.15, 0.2) is 0 Å². The number of hydrogen-bond donors (Lipinski definition) is 1. The van der Waals surface area contributed by atoms with E-state index in [0.29, 0.717) is 19.1 Å². The Kier molecular flexibility index (Phi) is 6.68. The minimum absolute atomic E-state index is 0.287. The first-order chi connectivity index (χ1) is 9.69. The van der Waals surface area contributed by atoms with Gasteiger partial charge in [-0.15, -0.1) is 0 Å². The van der Waals surface area contributed by atoms with Crippen molar-refractivity contribution in [3.05, 3.63) is 0 Å². The van der Waals surface area contributed by atoms with Crippen LogP contribution in [0.25, 0.3) is 0 Å². The third-order valence-corrected chi connectivity index (χ3v) is 7.85. The van der Waals surface area contributed by atoms with Crippen LogP contribution in [0.1, 0.15) is 26.2 Å². The highest BCUT2D eigenvalue weighted by molar-refractivity contribution is 6.79. The first kappa shape index (κ1) is 18.5. The Morgan fingerprint density at radius 1 is 1.48 bits per heavy atom. The SMILES string of the molecule is CCOC(=O)N(C)C[C@](N)(C[C@H]1CCCOC1)[Si](C)(C)C. The van der Waals surface area contributed by atoms with Gasteiger partial charge < -0.3 is 20.1 Å². The van der Waals surface area contributed by atoms with E-state index in [1.54, 1.807) is 11.9 Å².